The number of rotatable bonds is 6. The van der Waals surface area contributed by atoms with Gasteiger partial charge in [0.25, 0.3) is 0 Å². The molecule has 0 bridgehead atoms. The summed E-state index contributed by atoms with van der Waals surface area (Å²) in [5, 5.41) is 10.2. The average Bonchev–Trinajstić information content (AvgIpc) is 3.02. The molecule has 0 fully saturated rings. The number of hydrogen-bond donors (Lipinski definition) is 2. The van der Waals surface area contributed by atoms with Crippen molar-refractivity contribution in [1.82, 2.24) is 10.2 Å². The number of H-pyrrole nitrogens is 1. The zero-order valence-electron chi connectivity index (χ0n) is 13.7. The molecule has 7 heteroatoms. The molecular formula is C17H20ClN3O3. The fraction of sp³-hybridized carbons (Fsp3) is 0.412. The summed E-state index contributed by atoms with van der Waals surface area (Å²) in [6, 6.07) is 3.64. The number of fused-ring (bicyclic) bond motifs is 1. The fourth-order valence-electron chi connectivity index (χ4n) is 2.83. The predicted octanol–water partition coefficient (Wildman–Crippen LogP) is 3.72. The van der Waals surface area contributed by atoms with Crippen LogP contribution in [-0.2, 0) is 4.79 Å². The minimum atomic E-state index is -0.167. The van der Waals surface area contributed by atoms with Crippen molar-refractivity contribution in [2.24, 2.45) is 0 Å². The highest BCUT2D eigenvalue weighted by atomic mass is 35.5. The van der Waals surface area contributed by atoms with Crippen molar-refractivity contribution in [3.05, 3.63) is 34.5 Å². The number of carbonyl (C=O) groups excluding carboxylic acids is 1. The molecule has 0 aliphatic carbocycles. The van der Waals surface area contributed by atoms with Crippen molar-refractivity contribution in [1.29, 1.82) is 0 Å². The van der Waals surface area contributed by atoms with Crippen LogP contribution < -0.4 is 14.8 Å². The first-order valence-corrected chi connectivity index (χ1v) is 8.44. The van der Waals surface area contributed by atoms with E-state index in [1.54, 1.807) is 12.3 Å². The first-order valence-electron chi connectivity index (χ1n) is 8.06. The lowest BCUT2D eigenvalue weighted by atomic mass is 9.87. The lowest BCUT2D eigenvalue weighted by Crippen LogP contribution is -2.23. The molecule has 0 radical (unpaired) electrons. The van der Waals surface area contributed by atoms with Gasteiger partial charge in [0.15, 0.2) is 11.5 Å². The molecular weight excluding hydrogens is 330 g/mol. The van der Waals surface area contributed by atoms with Gasteiger partial charge < -0.3 is 14.8 Å². The minimum absolute atomic E-state index is 0.0721. The summed E-state index contributed by atoms with van der Waals surface area (Å²) >= 11 is 6.50. The van der Waals surface area contributed by atoms with Crippen LogP contribution in [0.15, 0.2) is 18.3 Å². The van der Waals surface area contributed by atoms with Crippen molar-refractivity contribution in [2.75, 3.05) is 18.5 Å². The molecule has 1 aliphatic heterocycles. The first kappa shape index (κ1) is 16.6. The van der Waals surface area contributed by atoms with Gasteiger partial charge in [0, 0.05) is 29.0 Å². The Balaban J connectivity index is 2.02. The number of nitrogens with zero attached hydrogens (tertiary/aromatic N) is 1. The van der Waals surface area contributed by atoms with Gasteiger partial charge in [-0.15, -0.1) is 0 Å². The molecule has 24 heavy (non-hydrogen) atoms. The van der Waals surface area contributed by atoms with Gasteiger partial charge in [0.1, 0.15) is 5.82 Å². The van der Waals surface area contributed by atoms with Crippen LogP contribution in [0.2, 0.25) is 5.02 Å². The van der Waals surface area contributed by atoms with Crippen molar-refractivity contribution in [3.8, 4) is 11.5 Å². The number of anilines is 1. The normalized spacial score (nSPS) is 16.5. The molecule has 3 rings (SSSR count). The number of carbonyl (C=O) groups is 1. The smallest absolute Gasteiger partial charge is 0.226 e. The van der Waals surface area contributed by atoms with Crippen molar-refractivity contribution < 1.29 is 14.3 Å². The third kappa shape index (κ3) is 3.19. The van der Waals surface area contributed by atoms with Crippen LogP contribution in [0.3, 0.4) is 0 Å². The molecule has 2 aromatic rings. The minimum Gasteiger partial charge on any atom is -0.490 e. The number of aromatic amines is 1. The maximum atomic E-state index is 12.0. The number of aromatic nitrogens is 2. The Bertz CT molecular complexity index is 745. The van der Waals surface area contributed by atoms with Gasteiger partial charge >= 0.3 is 0 Å². The van der Waals surface area contributed by atoms with E-state index >= 15 is 0 Å². The molecule has 1 atom stereocenters. The highest BCUT2D eigenvalue weighted by Gasteiger charge is 2.30. The molecule has 0 spiro atoms. The van der Waals surface area contributed by atoms with E-state index in [2.05, 4.69) is 15.5 Å². The summed E-state index contributed by atoms with van der Waals surface area (Å²) in [7, 11) is 0. The zero-order chi connectivity index (χ0) is 17.1. The molecule has 1 aromatic heterocycles. The maximum absolute atomic E-state index is 12.0. The molecule has 2 heterocycles. The zero-order valence-corrected chi connectivity index (χ0v) is 14.4. The second-order valence-corrected chi connectivity index (χ2v) is 6.01. The molecule has 1 amide bonds. The van der Waals surface area contributed by atoms with Gasteiger partial charge in [-0.25, -0.2) is 0 Å². The van der Waals surface area contributed by atoms with Crippen LogP contribution >= 0.6 is 11.6 Å². The van der Waals surface area contributed by atoms with Crippen molar-refractivity contribution in [2.45, 2.75) is 32.6 Å². The second-order valence-electron chi connectivity index (χ2n) is 5.61. The van der Waals surface area contributed by atoms with Crippen LogP contribution in [0.4, 0.5) is 5.82 Å². The Kier molecular flexibility index (Phi) is 4.94. The molecule has 2 N–H and O–H groups in total. The van der Waals surface area contributed by atoms with E-state index in [4.69, 9.17) is 21.1 Å². The topological polar surface area (TPSA) is 76.2 Å². The van der Waals surface area contributed by atoms with E-state index in [0.717, 1.165) is 17.5 Å². The first-order chi connectivity index (χ1) is 11.6. The summed E-state index contributed by atoms with van der Waals surface area (Å²) in [5.74, 6) is 1.65. The second kappa shape index (κ2) is 7.13. The van der Waals surface area contributed by atoms with Gasteiger partial charge in [0.05, 0.1) is 19.4 Å². The SMILES string of the molecule is CCCOc1cc(Cl)c(C2CC(=O)Nc3[nH]ncc32)cc1OCC. The molecule has 0 saturated carbocycles. The third-order valence-corrected chi connectivity index (χ3v) is 4.23. The molecule has 128 valence electrons. The Labute approximate surface area is 145 Å². The lowest BCUT2D eigenvalue weighted by molar-refractivity contribution is -0.116. The summed E-state index contributed by atoms with van der Waals surface area (Å²) in [5.41, 5.74) is 1.75. The molecule has 1 unspecified atom stereocenters. The number of hydrogen-bond acceptors (Lipinski definition) is 4. The van der Waals surface area contributed by atoms with E-state index in [0.29, 0.717) is 42.0 Å². The average molecular weight is 350 g/mol. The molecule has 1 aliphatic rings. The van der Waals surface area contributed by atoms with Crippen LogP contribution in [0.1, 0.15) is 43.7 Å². The van der Waals surface area contributed by atoms with Gasteiger partial charge in [-0.05, 0) is 25.0 Å². The Morgan fingerprint density at radius 3 is 2.79 bits per heavy atom. The maximum Gasteiger partial charge on any atom is 0.226 e. The number of halogens is 1. The number of benzene rings is 1. The highest BCUT2D eigenvalue weighted by molar-refractivity contribution is 6.31. The Morgan fingerprint density at radius 2 is 2.04 bits per heavy atom. The quantitative estimate of drug-likeness (QED) is 0.833. The van der Waals surface area contributed by atoms with E-state index in [1.807, 2.05) is 19.9 Å². The third-order valence-electron chi connectivity index (χ3n) is 3.90. The van der Waals surface area contributed by atoms with Gasteiger partial charge in [0.2, 0.25) is 5.91 Å². The lowest BCUT2D eigenvalue weighted by Gasteiger charge is -2.24. The number of amides is 1. The summed E-state index contributed by atoms with van der Waals surface area (Å²) in [6.07, 6.45) is 2.93. The number of nitrogens with one attached hydrogen (secondary N) is 2. The standard InChI is InChI=1S/C17H20ClN3O3/c1-3-5-24-15-8-13(18)11(6-14(15)23-4-2)10-7-16(22)20-17-12(10)9-19-21-17/h6,8-10H,3-5,7H2,1-2H3,(H2,19,20,21,22). The van der Waals surface area contributed by atoms with E-state index < -0.39 is 0 Å². The Hall–Kier alpha value is -2.21. The molecule has 6 nitrogen and oxygen atoms in total. The van der Waals surface area contributed by atoms with Crippen LogP contribution in [0, 0.1) is 0 Å². The highest BCUT2D eigenvalue weighted by Crippen LogP contribution is 2.43. The van der Waals surface area contributed by atoms with E-state index in [9.17, 15) is 4.79 Å². The van der Waals surface area contributed by atoms with Crippen molar-refractivity contribution >= 4 is 23.3 Å². The van der Waals surface area contributed by atoms with Crippen molar-refractivity contribution in [3.63, 3.8) is 0 Å². The van der Waals surface area contributed by atoms with Crippen LogP contribution in [0.5, 0.6) is 11.5 Å². The molecule has 1 aromatic carbocycles. The summed E-state index contributed by atoms with van der Waals surface area (Å²) in [6.45, 7) is 5.07. The Morgan fingerprint density at radius 1 is 1.25 bits per heavy atom. The number of ether oxygens (including phenoxy) is 2. The van der Waals surface area contributed by atoms with Crippen LogP contribution in [-0.4, -0.2) is 29.3 Å². The molecule has 0 saturated heterocycles. The van der Waals surface area contributed by atoms with Gasteiger partial charge in [-0.1, -0.05) is 18.5 Å². The fourth-order valence-corrected chi connectivity index (χ4v) is 3.12. The summed E-state index contributed by atoms with van der Waals surface area (Å²) < 4.78 is 11.4. The largest absolute Gasteiger partial charge is 0.490 e. The monoisotopic (exact) mass is 349 g/mol. The van der Waals surface area contributed by atoms with Gasteiger partial charge in [-0.3, -0.25) is 9.89 Å². The van der Waals surface area contributed by atoms with Crippen LogP contribution in [0.25, 0.3) is 0 Å². The van der Waals surface area contributed by atoms with E-state index in [-0.39, 0.29) is 11.8 Å². The predicted molar refractivity (Wildman–Crippen MR) is 92.1 cm³/mol. The summed E-state index contributed by atoms with van der Waals surface area (Å²) in [4.78, 5) is 12.0. The van der Waals surface area contributed by atoms with Gasteiger partial charge in [-0.2, -0.15) is 5.10 Å². The van der Waals surface area contributed by atoms with E-state index in [1.165, 1.54) is 0 Å².